The maximum Gasteiger partial charge on any atom is 0.0875 e. The summed E-state index contributed by atoms with van der Waals surface area (Å²) in [4.78, 5) is 0. The van der Waals surface area contributed by atoms with Crippen LogP contribution >= 0.6 is 0 Å². The van der Waals surface area contributed by atoms with Crippen LogP contribution in [0, 0.1) is 0 Å². The van der Waals surface area contributed by atoms with Crippen LogP contribution in [0.5, 0.6) is 0 Å². The minimum Gasteiger partial charge on any atom is -0.322 e. The molecule has 1 heterocycles. The van der Waals surface area contributed by atoms with E-state index in [1.54, 1.807) is 0 Å². The lowest BCUT2D eigenvalue weighted by atomic mass is 10.1. The van der Waals surface area contributed by atoms with Crippen molar-refractivity contribution in [3.63, 3.8) is 0 Å². The fraction of sp³-hybridized carbons (Fsp3) is 0.294. The van der Waals surface area contributed by atoms with E-state index < -0.39 is 5.66 Å². The highest BCUT2D eigenvalue weighted by atomic mass is 15.2. The zero-order valence-corrected chi connectivity index (χ0v) is 12.4. The summed E-state index contributed by atoms with van der Waals surface area (Å²) in [7, 11) is 0. The molecule has 0 atom stereocenters. The molecule has 0 spiro atoms. The van der Waals surface area contributed by atoms with E-state index in [-0.39, 0.29) is 0 Å². The third-order valence-electron chi connectivity index (χ3n) is 2.96. The summed E-state index contributed by atoms with van der Waals surface area (Å²) in [6, 6.07) is 0. The van der Waals surface area contributed by atoms with Crippen molar-refractivity contribution in [1.82, 2.24) is 4.57 Å². The fourth-order valence-corrected chi connectivity index (χ4v) is 2.34. The topological polar surface area (TPSA) is 30.9 Å². The third kappa shape index (κ3) is 2.79. The smallest absolute Gasteiger partial charge is 0.0875 e. The molecule has 0 aliphatic rings. The maximum absolute atomic E-state index is 6.34. The van der Waals surface area contributed by atoms with E-state index in [0.717, 1.165) is 22.5 Å². The predicted molar refractivity (Wildman–Crippen MR) is 87.5 cm³/mol. The first-order valence-electron chi connectivity index (χ1n) is 6.50. The molecular formula is C17H24N2. The van der Waals surface area contributed by atoms with E-state index in [9.17, 15) is 0 Å². The van der Waals surface area contributed by atoms with Gasteiger partial charge in [0.2, 0.25) is 0 Å². The van der Waals surface area contributed by atoms with Crippen molar-refractivity contribution in [2.45, 2.75) is 33.4 Å². The van der Waals surface area contributed by atoms with Gasteiger partial charge in [0, 0.05) is 11.1 Å². The van der Waals surface area contributed by atoms with Crippen molar-refractivity contribution in [2.24, 2.45) is 5.73 Å². The normalized spacial score (nSPS) is 12.5. The molecule has 1 rings (SSSR count). The molecule has 1 aromatic heterocycles. The minimum absolute atomic E-state index is 0.497. The summed E-state index contributed by atoms with van der Waals surface area (Å²) in [5.41, 5.74) is 10.1. The number of rotatable bonds is 5. The first-order valence-corrected chi connectivity index (χ1v) is 6.50. The van der Waals surface area contributed by atoms with Gasteiger partial charge >= 0.3 is 0 Å². The molecular weight excluding hydrogens is 232 g/mol. The number of nitrogens with zero attached hydrogens (tertiary/aromatic N) is 1. The lowest BCUT2D eigenvalue weighted by molar-refractivity contribution is 0.368. The van der Waals surface area contributed by atoms with Crippen molar-refractivity contribution in [1.29, 1.82) is 0 Å². The summed E-state index contributed by atoms with van der Waals surface area (Å²) in [5.74, 6) is 0. The first kappa shape index (κ1) is 15.3. The summed E-state index contributed by atoms with van der Waals surface area (Å²) in [6.07, 6.45) is 11.9. The third-order valence-corrected chi connectivity index (χ3v) is 2.96. The largest absolute Gasteiger partial charge is 0.322 e. The molecule has 0 aliphatic heterocycles. The SMILES string of the molecule is C=Cc1c(C=C)c(/C=C\C)n(C(C)(C)N)c1/C=C\C. The zero-order valence-electron chi connectivity index (χ0n) is 12.4. The Balaban J connectivity index is 3.88. The molecule has 0 aliphatic carbocycles. The molecule has 0 amide bonds. The average molecular weight is 256 g/mol. The molecule has 0 saturated heterocycles. The molecule has 19 heavy (non-hydrogen) atoms. The van der Waals surface area contributed by atoms with E-state index >= 15 is 0 Å². The molecule has 102 valence electrons. The number of nitrogens with two attached hydrogens (primary N) is 1. The molecule has 0 radical (unpaired) electrons. The van der Waals surface area contributed by atoms with Gasteiger partial charge in [-0.15, -0.1) is 0 Å². The molecule has 0 aromatic carbocycles. The second kappa shape index (κ2) is 5.89. The maximum atomic E-state index is 6.34. The summed E-state index contributed by atoms with van der Waals surface area (Å²) in [5, 5.41) is 0. The van der Waals surface area contributed by atoms with Crippen LogP contribution in [-0.2, 0) is 5.66 Å². The Labute approximate surface area is 116 Å². The average Bonchev–Trinajstić information content (AvgIpc) is 2.62. The van der Waals surface area contributed by atoms with Crippen molar-refractivity contribution in [3.05, 3.63) is 47.8 Å². The molecule has 2 nitrogen and oxygen atoms in total. The second-order valence-corrected chi connectivity index (χ2v) is 5.00. The van der Waals surface area contributed by atoms with Crippen molar-refractivity contribution in [3.8, 4) is 0 Å². The Hall–Kier alpha value is -1.80. The van der Waals surface area contributed by atoms with Crippen LogP contribution in [0.3, 0.4) is 0 Å². The highest BCUT2D eigenvalue weighted by Crippen LogP contribution is 2.31. The highest BCUT2D eigenvalue weighted by molar-refractivity contribution is 5.79. The number of aromatic nitrogens is 1. The Bertz CT molecular complexity index is 493. The Morgan fingerprint density at radius 2 is 1.32 bits per heavy atom. The van der Waals surface area contributed by atoms with E-state index in [1.807, 2.05) is 52.0 Å². The Morgan fingerprint density at radius 1 is 0.947 bits per heavy atom. The van der Waals surface area contributed by atoms with Gasteiger partial charge in [-0.2, -0.15) is 0 Å². The molecule has 2 N–H and O–H groups in total. The summed E-state index contributed by atoms with van der Waals surface area (Å²) < 4.78 is 2.13. The van der Waals surface area contributed by atoms with E-state index in [2.05, 4.69) is 29.9 Å². The molecule has 0 bridgehead atoms. The van der Waals surface area contributed by atoms with Crippen molar-refractivity contribution >= 4 is 24.3 Å². The first-order chi connectivity index (χ1) is 8.92. The quantitative estimate of drug-likeness (QED) is 0.826. The number of hydrogen-bond donors (Lipinski definition) is 1. The lowest BCUT2D eigenvalue weighted by Crippen LogP contribution is -2.37. The van der Waals surface area contributed by atoms with Gasteiger partial charge in [0.05, 0.1) is 17.1 Å². The second-order valence-electron chi connectivity index (χ2n) is 5.00. The van der Waals surface area contributed by atoms with Gasteiger partial charge in [-0.05, 0) is 39.8 Å². The van der Waals surface area contributed by atoms with E-state index in [4.69, 9.17) is 5.73 Å². The van der Waals surface area contributed by atoms with Gasteiger partial charge in [-0.3, -0.25) is 0 Å². The van der Waals surface area contributed by atoms with Gasteiger partial charge in [0.25, 0.3) is 0 Å². The van der Waals surface area contributed by atoms with Gasteiger partial charge in [-0.25, -0.2) is 0 Å². The van der Waals surface area contributed by atoms with Crippen LogP contribution in [0.2, 0.25) is 0 Å². The van der Waals surface area contributed by atoms with Gasteiger partial charge in [-0.1, -0.05) is 37.5 Å². The zero-order chi connectivity index (χ0) is 14.6. The van der Waals surface area contributed by atoms with Crippen LogP contribution in [0.4, 0.5) is 0 Å². The van der Waals surface area contributed by atoms with Crippen LogP contribution in [0.25, 0.3) is 24.3 Å². The highest BCUT2D eigenvalue weighted by Gasteiger charge is 2.24. The molecule has 0 fully saturated rings. The van der Waals surface area contributed by atoms with Crippen LogP contribution in [-0.4, -0.2) is 4.57 Å². The summed E-state index contributed by atoms with van der Waals surface area (Å²) >= 11 is 0. The van der Waals surface area contributed by atoms with Crippen molar-refractivity contribution in [2.75, 3.05) is 0 Å². The molecule has 2 heteroatoms. The lowest BCUT2D eigenvalue weighted by Gasteiger charge is -2.26. The summed E-state index contributed by atoms with van der Waals surface area (Å²) in [6.45, 7) is 15.8. The van der Waals surface area contributed by atoms with E-state index in [0.29, 0.717) is 0 Å². The van der Waals surface area contributed by atoms with Gasteiger partial charge < -0.3 is 10.3 Å². The monoisotopic (exact) mass is 256 g/mol. The standard InChI is InChI=1S/C17H24N2/c1-7-11-15-13(9-3)14(10-4)16(12-8-2)19(15)17(5,6)18/h7-12H,3-4,18H2,1-2,5-6H3/b11-7-,12-8-. The predicted octanol–water partition coefficient (Wildman–Crippen LogP) is 4.49. The van der Waals surface area contributed by atoms with Crippen LogP contribution in [0.1, 0.15) is 50.2 Å². The Kier molecular flexibility index (Phi) is 4.73. The van der Waals surface area contributed by atoms with Crippen LogP contribution in [0.15, 0.2) is 25.3 Å². The molecule has 0 saturated carbocycles. The van der Waals surface area contributed by atoms with Gasteiger partial charge in [0.15, 0.2) is 0 Å². The minimum atomic E-state index is -0.497. The van der Waals surface area contributed by atoms with Crippen LogP contribution < -0.4 is 5.73 Å². The molecule has 1 aromatic rings. The van der Waals surface area contributed by atoms with Gasteiger partial charge in [0.1, 0.15) is 0 Å². The number of hydrogen-bond acceptors (Lipinski definition) is 1. The number of allylic oxidation sites excluding steroid dienone is 2. The Morgan fingerprint density at radius 3 is 1.53 bits per heavy atom. The van der Waals surface area contributed by atoms with Crippen molar-refractivity contribution < 1.29 is 0 Å². The fourth-order valence-electron chi connectivity index (χ4n) is 2.34. The molecule has 0 unspecified atom stereocenters. The van der Waals surface area contributed by atoms with E-state index in [1.165, 1.54) is 0 Å².